The first-order chi connectivity index (χ1) is 17.6. The Balaban J connectivity index is 1.36. The smallest absolute Gasteiger partial charge is 0.275 e. The van der Waals surface area contributed by atoms with Crippen LogP contribution in [0.3, 0.4) is 0 Å². The van der Waals surface area contributed by atoms with E-state index >= 15 is 0 Å². The van der Waals surface area contributed by atoms with Crippen LogP contribution < -0.4 is 5.43 Å². The summed E-state index contributed by atoms with van der Waals surface area (Å²) in [6, 6.07) is 16.1. The van der Waals surface area contributed by atoms with Gasteiger partial charge in [0, 0.05) is 53.7 Å². The normalized spacial score (nSPS) is 17.8. The Morgan fingerprint density at radius 2 is 1.57 bits per heavy atom. The van der Waals surface area contributed by atoms with Crippen molar-refractivity contribution in [1.82, 2.24) is 19.2 Å². The molecule has 3 aromatic rings. The number of sulfonamides is 1. The number of nitrogens with zero attached hydrogens (tertiary/aromatic N) is 4. The molecule has 192 valence electrons. The lowest BCUT2D eigenvalue weighted by molar-refractivity contribution is -0.135. The third-order valence-corrected chi connectivity index (χ3v) is 9.21. The molecule has 1 saturated heterocycles. The molecule has 1 N–H and O–H groups in total. The van der Waals surface area contributed by atoms with Crippen molar-refractivity contribution < 1.29 is 18.0 Å². The Kier molecular flexibility index (Phi) is 6.88. The highest BCUT2D eigenvalue weighted by Crippen LogP contribution is 2.28. The zero-order valence-corrected chi connectivity index (χ0v) is 22.8. The van der Waals surface area contributed by atoms with Crippen LogP contribution in [-0.4, -0.2) is 65.6 Å². The molecule has 0 radical (unpaired) electrons. The first-order valence-corrected chi connectivity index (χ1v) is 14.1. The SMILES string of the molecule is CC1=C(C)C(=O)N(Nc2cc(CN3CCN(S(=O)(=O)c4ccccc4)CC3)c3ccc(Br)cc3n2)C1=O. The number of hydrogen-bond acceptors (Lipinski definition) is 7. The van der Waals surface area contributed by atoms with Gasteiger partial charge in [0.05, 0.1) is 10.4 Å². The van der Waals surface area contributed by atoms with E-state index in [1.54, 1.807) is 44.2 Å². The number of aromatic nitrogens is 1. The van der Waals surface area contributed by atoms with Gasteiger partial charge < -0.3 is 0 Å². The van der Waals surface area contributed by atoms with Gasteiger partial charge in [-0.05, 0) is 49.7 Å². The Labute approximate surface area is 223 Å². The molecule has 0 saturated carbocycles. The third-order valence-electron chi connectivity index (χ3n) is 6.80. The highest BCUT2D eigenvalue weighted by Gasteiger charge is 2.34. The Hall–Kier alpha value is -3.12. The van der Waals surface area contributed by atoms with Gasteiger partial charge in [-0.3, -0.25) is 19.9 Å². The van der Waals surface area contributed by atoms with Crippen LogP contribution in [0.25, 0.3) is 10.9 Å². The number of pyridine rings is 1. The number of hydrazine groups is 1. The largest absolute Gasteiger partial charge is 0.296 e. The number of nitrogens with one attached hydrogen (secondary N) is 1. The molecule has 2 aliphatic rings. The average Bonchev–Trinajstić information content (AvgIpc) is 3.07. The van der Waals surface area contributed by atoms with Crippen molar-refractivity contribution >= 4 is 54.5 Å². The van der Waals surface area contributed by atoms with Gasteiger partial charge in [0.2, 0.25) is 10.0 Å². The molecule has 0 aliphatic carbocycles. The van der Waals surface area contributed by atoms with Crippen LogP contribution >= 0.6 is 15.9 Å². The maximum Gasteiger partial charge on any atom is 0.275 e. The van der Waals surface area contributed by atoms with Crippen molar-refractivity contribution in [2.24, 2.45) is 0 Å². The van der Waals surface area contributed by atoms with E-state index in [9.17, 15) is 18.0 Å². The molecule has 0 unspecified atom stereocenters. The summed E-state index contributed by atoms with van der Waals surface area (Å²) in [7, 11) is -3.53. The summed E-state index contributed by atoms with van der Waals surface area (Å²) in [6.07, 6.45) is 0. The predicted octanol–water partition coefficient (Wildman–Crippen LogP) is 3.54. The highest BCUT2D eigenvalue weighted by molar-refractivity contribution is 9.10. The van der Waals surface area contributed by atoms with Crippen LogP contribution in [0, 0.1) is 0 Å². The molecule has 2 aliphatic heterocycles. The summed E-state index contributed by atoms with van der Waals surface area (Å²) in [5.41, 5.74) is 5.38. The minimum absolute atomic E-state index is 0.302. The van der Waals surface area contributed by atoms with Gasteiger partial charge in [0.25, 0.3) is 11.8 Å². The molecule has 2 aromatic carbocycles. The van der Waals surface area contributed by atoms with E-state index in [-0.39, 0.29) is 0 Å². The fourth-order valence-corrected chi connectivity index (χ4v) is 6.33. The number of imide groups is 1. The third kappa shape index (κ3) is 4.91. The molecule has 37 heavy (non-hydrogen) atoms. The summed E-state index contributed by atoms with van der Waals surface area (Å²) in [5.74, 6) is -0.401. The van der Waals surface area contributed by atoms with Gasteiger partial charge in [-0.15, -0.1) is 0 Å². The van der Waals surface area contributed by atoms with Crippen LogP contribution in [0.1, 0.15) is 19.4 Å². The van der Waals surface area contributed by atoms with E-state index < -0.39 is 21.8 Å². The zero-order valence-electron chi connectivity index (χ0n) is 20.4. The summed E-state index contributed by atoms with van der Waals surface area (Å²) in [4.78, 5) is 32.2. The van der Waals surface area contributed by atoms with Crippen molar-refractivity contribution in [3.63, 3.8) is 0 Å². The van der Waals surface area contributed by atoms with E-state index in [0.29, 0.717) is 60.1 Å². The molecule has 0 spiro atoms. The zero-order chi connectivity index (χ0) is 26.3. The molecular weight excluding hydrogens is 558 g/mol. The number of hydrogen-bond donors (Lipinski definition) is 1. The average molecular weight is 584 g/mol. The second-order valence-electron chi connectivity index (χ2n) is 9.13. The van der Waals surface area contributed by atoms with Crippen LogP contribution in [-0.2, 0) is 26.2 Å². The fourth-order valence-electron chi connectivity index (χ4n) is 4.54. The van der Waals surface area contributed by atoms with E-state index in [1.807, 2.05) is 24.3 Å². The standard InChI is InChI=1S/C26H26BrN5O4S/c1-17-18(2)26(34)32(25(17)33)29-24-14-19(22-9-8-20(27)15-23(22)28-24)16-30-10-12-31(13-11-30)37(35,36)21-6-4-3-5-7-21/h3-9,14-15H,10-13,16H2,1-2H3,(H,28,29). The van der Waals surface area contributed by atoms with Crippen LogP contribution in [0.4, 0.5) is 5.82 Å². The maximum absolute atomic E-state index is 13.0. The molecule has 5 rings (SSSR count). The van der Waals surface area contributed by atoms with Gasteiger partial charge in [-0.1, -0.05) is 40.2 Å². The molecule has 0 bridgehead atoms. The van der Waals surface area contributed by atoms with Gasteiger partial charge >= 0.3 is 0 Å². The van der Waals surface area contributed by atoms with Crippen LogP contribution in [0.5, 0.6) is 0 Å². The lowest BCUT2D eigenvalue weighted by atomic mass is 10.1. The molecule has 0 atom stereocenters. The van der Waals surface area contributed by atoms with Crippen molar-refractivity contribution in [2.45, 2.75) is 25.3 Å². The number of amides is 2. The van der Waals surface area contributed by atoms with E-state index in [1.165, 1.54) is 4.31 Å². The van der Waals surface area contributed by atoms with E-state index in [0.717, 1.165) is 20.4 Å². The Morgan fingerprint density at radius 1 is 0.919 bits per heavy atom. The summed E-state index contributed by atoms with van der Waals surface area (Å²) in [6.45, 7) is 5.74. The molecular formula is C26H26BrN5O4S. The second-order valence-corrected chi connectivity index (χ2v) is 12.0. The van der Waals surface area contributed by atoms with Gasteiger partial charge in [-0.25, -0.2) is 13.4 Å². The van der Waals surface area contributed by atoms with Crippen molar-refractivity contribution in [2.75, 3.05) is 31.6 Å². The summed E-state index contributed by atoms with van der Waals surface area (Å²) in [5, 5.41) is 1.94. The lowest BCUT2D eigenvalue weighted by Gasteiger charge is -2.34. The minimum Gasteiger partial charge on any atom is -0.296 e. The Bertz CT molecular complexity index is 1510. The molecule has 1 fully saturated rings. The number of rotatable bonds is 6. The van der Waals surface area contributed by atoms with E-state index in [2.05, 4.69) is 31.2 Å². The quantitative estimate of drug-likeness (QED) is 0.443. The number of fused-ring (bicyclic) bond motifs is 1. The number of halogens is 1. The second kappa shape index (κ2) is 9.97. The fraction of sp³-hybridized carbons (Fsp3) is 0.269. The van der Waals surface area contributed by atoms with Gasteiger partial charge in [0.15, 0.2) is 0 Å². The van der Waals surface area contributed by atoms with Gasteiger partial charge in [0.1, 0.15) is 5.82 Å². The number of anilines is 1. The summed E-state index contributed by atoms with van der Waals surface area (Å²) >= 11 is 3.49. The monoisotopic (exact) mass is 583 g/mol. The first kappa shape index (κ1) is 25.5. The van der Waals surface area contributed by atoms with E-state index in [4.69, 9.17) is 0 Å². The van der Waals surface area contributed by atoms with Crippen molar-refractivity contribution in [1.29, 1.82) is 0 Å². The molecule has 3 heterocycles. The Morgan fingerprint density at radius 3 is 2.22 bits per heavy atom. The van der Waals surface area contributed by atoms with Gasteiger partial charge in [-0.2, -0.15) is 9.31 Å². The first-order valence-electron chi connectivity index (χ1n) is 11.8. The van der Waals surface area contributed by atoms with Crippen molar-refractivity contribution in [3.8, 4) is 0 Å². The minimum atomic E-state index is -3.53. The number of carbonyl (C=O) groups is 2. The molecule has 2 amide bonds. The number of benzene rings is 2. The number of carbonyl (C=O) groups excluding carboxylic acids is 2. The van der Waals surface area contributed by atoms with Crippen LogP contribution in [0.2, 0.25) is 0 Å². The lowest BCUT2D eigenvalue weighted by Crippen LogP contribution is -2.48. The molecule has 9 nitrogen and oxygen atoms in total. The summed E-state index contributed by atoms with van der Waals surface area (Å²) < 4.78 is 28.4. The maximum atomic E-state index is 13.0. The molecule has 11 heteroatoms. The number of piperazine rings is 1. The van der Waals surface area contributed by atoms with Crippen molar-refractivity contribution in [3.05, 3.63) is 75.8 Å². The van der Waals surface area contributed by atoms with Crippen LogP contribution in [0.15, 0.2) is 75.1 Å². The molecule has 1 aromatic heterocycles. The predicted molar refractivity (Wildman–Crippen MR) is 144 cm³/mol. The topological polar surface area (TPSA) is 103 Å². The highest BCUT2D eigenvalue weighted by atomic mass is 79.9.